The second-order valence-electron chi connectivity index (χ2n) is 6.72. The molecule has 1 atom stereocenters. The fourth-order valence-corrected chi connectivity index (χ4v) is 3.39. The average molecular weight is 410 g/mol. The summed E-state index contributed by atoms with van der Waals surface area (Å²) in [5.41, 5.74) is 1.35. The zero-order chi connectivity index (χ0) is 21.1. The van der Waals surface area contributed by atoms with E-state index >= 15 is 0 Å². The number of carbonyl (C=O) groups excluding carboxylic acids is 2. The molecule has 2 heterocycles. The van der Waals surface area contributed by atoms with Gasteiger partial charge in [-0.05, 0) is 35.9 Å². The Morgan fingerprint density at radius 1 is 1.17 bits per heavy atom. The van der Waals surface area contributed by atoms with Crippen LogP contribution in [-0.2, 0) is 9.59 Å². The number of methoxy groups -OCH3 is 1. The predicted octanol–water partition coefficient (Wildman–Crippen LogP) is 2.02. The van der Waals surface area contributed by atoms with Crippen LogP contribution in [0.25, 0.3) is 6.08 Å². The first-order valence-corrected chi connectivity index (χ1v) is 9.55. The van der Waals surface area contributed by atoms with Crippen molar-refractivity contribution in [2.45, 2.75) is 6.10 Å². The third-order valence-electron chi connectivity index (χ3n) is 4.85. The molecule has 2 aliphatic rings. The first-order valence-electron chi connectivity index (χ1n) is 9.55. The molecule has 0 bridgehead atoms. The minimum Gasteiger partial charge on any atom is -0.493 e. The number of hydrogen-bond donors (Lipinski definition) is 1. The van der Waals surface area contributed by atoms with Crippen LogP contribution in [0.1, 0.15) is 5.56 Å². The Morgan fingerprint density at radius 2 is 1.97 bits per heavy atom. The Labute approximate surface area is 174 Å². The lowest BCUT2D eigenvalue weighted by atomic mass is 10.1. The molecule has 2 amide bonds. The van der Waals surface area contributed by atoms with Gasteiger partial charge in [0.15, 0.2) is 17.6 Å². The van der Waals surface area contributed by atoms with Gasteiger partial charge in [0.2, 0.25) is 5.75 Å². The summed E-state index contributed by atoms with van der Waals surface area (Å²) in [4.78, 5) is 26.6. The first-order chi connectivity index (χ1) is 14.6. The maximum absolute atomic E-state index is 13.0. The predicted molar refractivity (Wildman–Crippen MR) is 110 cm³/mol. The first kappa shape index (κ1) is 19.6. The number of likely N-dealkylation sites (N-methyl/N-ethyl adjacent to an activating group) is 1. The minimum atomic E-state index is -0.781. The van der Waals surface area contributed by atoms with Gasteiger partial charge < -0.3 is 29.2 Å². The number of nitrogens with zero attached hydrogens (tertiary/aromatic N) is 1. The van der Waals surface area contributed by atoms with Crippen molar-refractivity contribution in [1.82, 2.24) is 5.32 Å². The van der Waals surface area contributed by atoms with Crippen LogP contribution >= 0.6 is 0 Å². The third-order valence-corrected chi connectivity index (χ3v) is 4.85. The van der Waals surface area contributed by atoms with Crippen LogP contribution in [0.15, 0.2) is 42.5 Å². The molecule has 30 heavy (non-hydrogen) atoms. The molecule has 0 unspecified atom stereocenters. The van der Waals surface area contributed by atoms with Crippen molar-refractivity contribution in [2.24, 2.45) is 0 Å². The molecular formula is C22H22N2O6. The molecule has 156 valence electrons. The third kappa shape index (κ3) is 3.76. The molecule has 8 nitrogen and oxygen atoms in total. The summed E-state index contributed by atoms with van der Waals surface area (Å²) >= 11 is 0. The Bertz CT molecular complexity index is 986. The van der Waals surface area contributed by atoms with Gasteiger partial charge in [-0.1, -0.05) is 12.1 Å². The fourth-order valence-electron chi connectivity index (χ4n) is 3.39. The molecule has 2 aliphatic heterocycles. The fraction of sp³-hybridized carbons (Fsp3) is 0.273. The standard InChI is InChI=1S/C22H22N2O6/c1-23-22(26)19-13-24(15-5-3-4-6-16(15)30-19)20(25)8-7-14-11-17(27-2)21-18(12-14)28-9-10-29-21/h3-8,11-12,19H,9-10,13H2,1-2H3,(H,23,26)/b8-7+/t19-/m0/s1. The van der Waals surface area contributed by atoms with Crippen LogP contribution in [0.2, 0.25) is 0 Å². The molecule has 0 aliphatic carbocycles. The van der Waals surface area contributed by atoms with Gasteiger partial charge in [-0.15, -0.1) is 0 Å². The summed E-state index contributed by atoms with van der Waals surface area (Å²) in [5.74, 6) is 1.60. The highest BCUT2D eigenvalue weighted by molar-refractivity contribution is 6.05. The molecule has 0 aromatic heterocycles. The summed E-state index contributed by atoms with van der Waals surface area (Å²) in [6.45, 7) is 1.03. The van der Waals surface area contributed by atoms with Crippen molar-refractivity contribution in [3.8, 4) is 23.0 Å². The second kappa shape index (κ2) is 8.36. The summed E-state index contributed by atoms with van der Waals surface area (Å²) in [6, 6.07) is 10.7. The van der Waals surface area contributed by atoms with E-state index in [0.29, 0.717) is 41.9 Å². The molecule has 0 saturated carbocycles. The molecule has 8 heteroatoms. The largest absolute Gasteiger partial charge is 0.493 e. The number of fused-ring (bicyclic) bond motifs is 2. The number of carbonyl (C=O) groups is 2. The van der Waals surface area contributed by atoms with Gasteiger partial charge in [0.05, 0.1) is 19.3 Å². The highest BCUT2D eigenvalue weighted by Crippen LogP contribution is 2.40. The summed E-state index contributed by atoms with van der Waals surface area (Å²) in [7, 11) is 3.09. The summed E-state index contributed by atoms with van der Waals surface area (Å²) in [6.07, 6.45) is 2.35. The highest BCUT2D eigenvalue weighted by atomic mass is 16.6. The Hall–Kier alpha value is -3.68. The van der Waals surface area contributed by atoms with Gasteiger partial charge in [-0.2, -0.15) is 0 Å². The number of ether oxygens (including phenoxy) is 4. The Kier molecular flexibility index (Phi) is 5.47. The zero-order valence-corrected chi connectivity index (χ0v) is 16.7. The van der Waals surface area contributed by atoms with E-state index in [2.05, 4.69) is 5.32 Å². The Morgan fingerprint density at radius 3 is 2.77 bits per heavy atom. The van der Waals surface area contributed by atoms with Crippen molar-refractivity contribution in [1.29, 1.82) is 0 Å². The van der Waals surface area contributed by atoms with Crippen LogP contribution in [0.4, 0.5) is 5.69 Å². The lowest BCUT2D eigenvalue weighted by Crippen LogP contribution is -2.49. The molecule has 4 rings (SSSR count). The van der Waals surface area contributed by atoms with E-state index in [-0.39, 0.29) is 18.4 Å². The van der Waals surface area contributed by atoms with Crippen LogP contribution in [0.5, 0.6) is 23.0 Å². The van der Waals surface area contributed by atoms with Crippen molar-refractivity contribution in [2.75, 3.05) is 38.8 Å². The molecule has 0 radical (unpaired) electrons. The molecule has 0 spiro atoms. The van der Waals surface area contributed by atoms with Crippen LogP contribution < -0.4 is 29.2 Å². The monoisotopic (exact) mass is 410 g/mol. The van der Waals surface area contributed by atoms with Crippen molar-refractivity contribution in [3.63, 3.8) is 0 Å². The highest BCUT2D eigenvalue weighted by Gasteiger charge is 2.32. The van der Waals surface area contributed by atoms with E-state index in [4.69, 9.17) is 18.9 Å². The van der Waals surface area contributed by atoms with Crippen LogP contribution in [0.3, 0.4) is 0 Å². The number of benzene rings is 2. The van der Waals surface area contributed by atoms with Crippen molar-refractivity contribution in [3.05, 3.63) is 48.0 Å². The van der Waals surface area contributed by atoms with Crippen LogP contribution in [0, 0.1) is 0 Å². The van der Waals surface area contributed by atoms with Gasteiger partial charge in [0.25, 0.3) is 11.8 Å². The van der Waals surface area contributed by atoms with E-state index in [1.54, 1.807) is 43.5 Å². The number of hydrogen-bond acceptors (Lipinski definition) is 6. The molecule has 0 saturated heterocycles. The quantitative estimate of drug-likeness (QED) is 0.777. The molecule has 0 fully saturated rings. The smallest absolute Gasteiger partial charge is 0.262 e. The van der Waals surface area contributed by atoms with Gasteiger partial charge in [0.1, 0.15) is 19.0 Å². The second-order valence-corrected chi connectivity index (χ2v) is 6.72. The maximum Gasteiger partial charge on any atom is 0.262 e. The number of nitrogens with one attached hydrogen (secondary N) is 1. The zero-order valence-electron chi connectivity index (χ0n) is 16.7. The number of anilines is 1. The number of para-hydroxylation sites is 2. The van der Waals surface area contributed by atoms with Gasteiger partial charge >= 0.3 is 0 Å². The summed E-state index contributed by atoms with van der Waals surface area (Å²) in [5, 5.41) is 2.56. The number of rotatable bonds is 4. The van der Waals surface area contributed by atoms with E-state index in [0.717, 1.165) is 5.56 Å². The average Bonchev–Trinajstić information content (AvgIpc) is 2.80. The van der Waals surface area contributed by atoms with Gasteiger partial charge in [-0.25, -0.2) is 0 Å². The maximum atomic E-state index is 13.0. The van der Waals surface area contributed by atoms with Gasteiger partial charge in [0, 0.05) is 13.1 Å². The molecule has 2 aromatic rings. The van der Waals surface area contributed by atoms with E-state index in [1.807, 2.05) is 6.07 Å². The topological polar surface area (TPSA) is 86.3 Å². The van der Waals surface area contributed by atoms with Crippen molar-refractivity contribution >= 4 is 23.6 Å². The van der Waals surface area contributed by atoms with E-state index in [1.165, 1.54) is 18.0 Å². The molecule has 2 aromatic carbocycles. The molecular weight excluding hydrogens is 388 g/mol. The Balaban J connectivity index is 1.60. The normalized spacial score (nSPS) is 17.1. The lowest BCUT2D eigenvalue weighted by Gasteiger charge is -2.33. The van der Waals surface area contributed by atoms with Gasteiger partial charge in [-0.3, -0.25) is 9.59 Å². The minimum absolute atomic E-state index is 0.115. The van der Waals surface area contributed by atoms with E-state index < -0.39 is 6.10 Å². The number of amides is 2. The molecule has 1 N–H and O–H groups in total. The van der Waals surface area contributed by atoms with Crippen molar-refractivity contribution < 1.29 is 28.5 Å². The lowest BCUT2D eigenvalue weighted by molar-refractivity contribution is -0.127. The SMILES string of the molecule is CNC(=O)[C@@H]1CN(C(=O)/C=C/c2cc(OC)c3c(c2)OCCO3)c2ccccc2O1. The van der Waals surface area contributed by atoms with E-state index in [9.17, 15) is 9.59 Å². The van der Waals surface area contributed by atoms with Crippen LogP contribution in [-0.4, -0.2) is 51.8 Å². The summed E-state index contributed by atoms with van der Waals surface area (Å²) < 4.78 is 22.4.